The van der Waals surface area contributed by atoms with Crippen LogP contribution in [-0.4, -0.2) is 31.4 Å². The lowest BCUT2D eigenvalue weighted by Crippen LogP contribution is -2.15. The number of fused-ring (bicyclic) bond motifs is 1. The van der Waals surface area contributed by atoms with Crippen molar-refractivity contribution in [2.24, 2.45) is 0 Å². The summed E-state index contributed by atoms with van der Waals surface area (Å²) >= 11 is 0. The summed E-state index contributed by atoms with van der Waals surface area (Å²) in [5.41, 5.74) is 1.03. The summed E-state index contributed by atoms with van der Waals surface area (Å²) in [7, 11) is 0. The van der Waals surface area contributed by atoms with E-state index in [0.717, 1.165) is 11.8 Å². The fraction of sp³-hybridized carbons (Fsp3) is 0.133. The van der Waals surface area contributed by atoms with Crippen LogP contribution in [0, 0.1) is 12.7 Å². The first-order valence-electron chi connectivity index (χ1n) is 7.01. The first-order valence-corrected chi connectivity index (χ1v) is 7.01. The molecule has 0 aliphatic carbocycles. The number of halogens is 1. The minimum Gasteiger partial charge on any atom is -0.326 e. The van der Waals surface area contributed by atoms with Crippen LogP contribution in [0.5, 0.6) is 0 Å². The number of anilines is 2. The maximum absolute atomic E-state index is 13.9. The molecule has 3 aromatic rings. The van der Waals surface area contributed by atoms with Crippen LogP contribution in [0.2, 0.25) is 0 Å². The molecule has 0 aliphatic rings. The molecule has 9 heteroatoms. The van der Waals surface area contributed by atoms with E-state index < -0.39 is 11.7 Å². The van der Waals surface area contributed by atoms with Crippen molar-refractivity contribution in [3.63, 3.8) is 0 Å². The molecule has 1 aromatic carbocycles. The number of hydrogen-bond donors (Lipinski definition) is 2. The van der Waals surface area contributed by atoms with E-state index in [0.29, 0.717) is 5.69 Å². The third-order valence-corrected chi connectivity index (χ3v) is 3.17. The van der Waals surface area contributed by atoms with Gasteiger partial charge in [-0.25, -0.2) is 13.9 Å². The first-order chi connectivity index (χ1) is 11.4. The Bertz CT molecular complexity index is 952. The van der Waals surface area contributed by atoms with Crippen molar-refractivity contribution in [1.82, 2.24) is 19.6 Å². The zero-order chi connectivity index (χ0) is 17.3. The quantitative estimate of drug-likeness (QED) is 0.763. The summed E-state index contributed by atoms with van der Waals surface area (Å²) in [6.45, 7) is 3.12. The molecular formula is C15H13FN6O2. The second kappa shape index (κ2) is 6.03. The highest BCUT2D eigenvalue weighted by Gasteiger charge is 2.16. The van der Waals surface area contributed by atoms with Crippen molar-refractivity contribution in [1.29, 1.82) is 0 Å². The van der Waals surface area contributed by atoms with Crippen molar-refractivity contribution in [3.05, 3.63) is 47.8 Å². The molecule has 2 amide bonds. The first kappa shape index (κ1) is 15.5. The van der Waals surface area contributed by atoms with E-state index in [-0.39, 0.29) is 23.2 Å². The van der Waals surface area contributed by atoms with Crippen LogP contribution in [0.15, 0.2) is 30.5 Å². The van der Waals surface area contributed by atoms with Gasteiger partial charge in [-0.1, -0.05) is 0 Å². The lowest BCUT2D eigenvalue weighted by atomic mass is 10.2. The minimum absolute atomic E-state index is 0.0882. The number of aromatic nitrogens is 4. The summed E-state index contributed by atoms with van der Waals surface area (Å²) in [5, 5.41) is 8.95. The molecule has 122 valence electrons. The van der Waals surface area contributed by atoms with Gasteiger partial charge in [-0.3, -0.25) is 9.59 Å². The topological polar surface area (TPSA) is 101 Å². The number of nitrogens with one attached hydrogen (secondary N) is 2. The second-order valence-electron chi connectivity index (χ2n) is 5.06. The Balaban J connectivity index is 1.88. The van der Waals surface area contributed by atoms with Crippen molar-refractivity contribution in [3.8, 4) is 0 Å². The molecule has 0 aliphatic heterocycles. The molecule has 2 aromatic heterocycles. The highest BCUT2D eigenvalue weighted by molar-refractivity contribution is 6.02. The van der Waals surface area contributed by atoms with Gasteiger partial charge in [0.05, 0.1) is 5.69 Å². The van der Waals surface area contributed by atoms with Gasteiger partial charge in [0, 0.05) is 24.5 Å². The number of amides is 2. The lowest BCUT2D eigenvalue weighted by Gasteiger charge is -2.07. The SMILES string of the molecule is CC(=O)Nc1ccc(F)c(NC(=O)c2nc3nccc(C)n3n2)c1. The Labute approximate surface area is 135 Å². The summed E-state index contributed by atoms with van der Waals surface area (Å²) in [5.74, 6) is -1.49. The fourth-order valence-corrected chi connectivity index (χ4v) is 2.08. The van der Waals surface area contributed by atoms with E-state index in [4.69, 9.17) is 0 Å². The van der Waals surface area contributed by atoms with Crippen LogP contribution in [0.4, 0.5) is 15.8 Å². The van der Waals surface area contributed by atoms with E-state index in [1.165, 1.54) is 23.6 Å². The maximum Gasteiger partial charge on any atom is 0.295 e. The third kappa shape index (κ3) is 3.05. The molecule has 0 fully saturated rings. The number of benzene rings is 1. The molecule has 0 saturated heterocycles. The van der Waals surface area contributed by atoms with Gasteiger partial charge in [0.2, 0.25) is 11.7 Å². The molecule has 8 nitrogen and oxygen atoms in total. The molecular weight excluding hydrogens is 315 g/mol. The van der Waals surface area contributed by atoms with Crippen molar-refractivity contribution >= 4 is 29.0 Å². The lowest BCUT2D eigenvalue weighted by molar-refractivity contribution is -0.114. The summed E-state index contributed by atoms with van der Waals surface area (Å²) in [4.78, 5) is 31.3. The number of nitrogens with zero attached hydrogens (tertiary/aromatic N) is 4. The fourth-order valence-electron chi connectivity index (χ4n) is 2.08. The zero-order valence-corrected chi connectivity index (χ0v) is 12.9. The van der Waals surface area contributed by atoms with Gasteiger partial charge in [0.25, 0.3) is 11.7 Å². The molecule has 3 rings (SSSR count). The van der Waals surface area contributed by atoms with Gasteiger partial charge < -0.3 is 10.6 Å². The van der Waals surface area contributed by atoms with Gasteiger partial charge in [0.15, 0.2) is 0 Å². The van der Waals surface area contributed by atoms with Crippen LogP contribution >= 0.6 is 0 Å². The number of aryl methyl sites for hydroxylation is 1. The number of hydrogen-bond acceptors (Lipinski definition) is 5. The van der Waals surface area contributed by atoms with E-state index in [9.17, 15) is 14.0 Å². The van der Waals surface area contributed by atoms with Gasteiger partial charge in [-0.15, -0.1) is 5.10 Å². The number of rotatable bonds is 3. The second-order valence-corrected chi connectivity index (χ2v) is 5.06. The molecule has 0 radical (unpaired) electrons. The maximum atomic E-state index is 13.9. The van der Waals surface area contributed by atoms with E-state index in [1.807, 2.05) is 0 Å². The molecule has 0 spiro atoms. The van der Waals surface area contributed by atoms with E-state index in [2.05, 4.69) is 25.7 Å². The van der Waals surface area contributed by atoms with Gasteiger partial charge in [-0.05, 0) is 31.2 Å². The molecule has 2 heterocycles. The summed E-state index contributed by atoms with van der Waals surface area (Å²) in [6, 6.07) is 5.57. The normalized spacial score (nSPS) is 10.6. The van der Waals surface area contributed by atoms with E-state index >= 15 is 0 Å². The highest BCUT2D eigenvalue weighted by atomic mass is 19.1. The zero-order valence-electron chi connectivity index (χ0n) is 12.9. The summed E-state index contributed by atoms with van der Waals surface area (Å²) in [6.07, 6.45) is 1.55. The highest BCUT2D eigenvalue weighted by Crippen LogP contribution is 2.20. The predicted octanol–water partition coefficient (Wildman–Crippen LogP) is 1.78. The van der Waals surface area contributed by atoms with E-state index in [1.54, 1.807) is 19.2 Å². The van der Waals surface area contributed by atoms with Crippen LogP contribution < -0.4 is 10.6 Å². The Morgan fingerprint density at radius 1 is 1.21 bits per heavy atom. The van der Waals surface area contributed by atoms with Crippen LogP contribution in [-0.2, 0) is 4.79 Å². The van der Waals surface area contributed by atoms with Gasteiger partial charge >= 0.3 is 0 Å². The molecule has 0 bridgehead atoms. The van der Waals surface area contributed by atoms with Gasteiger partial charge in [-0.2, -0.15) is 4.98 Å². The number of carbonyl (C=O) groups is 2. The Kier molecular flexibility index (Phi) is 3.90. The molecule has 2 N–H and O–H groups in total. The van der Waals surface area contributed by atoms with Crippen LogP contribution in [0.1, 0.15) is 23.2 Å². The minimum atomic E-state index is -0.682. The van der Waals surface area contributed by atoms with Crippen LogP contribution in [0.3, 0.4) is 0 Å². The molecule has 24 heavy (non-hydrogen) atoms. The smallest absolute Gasteiger partial charge is 0.295 e. The van der Waals surface area contributed by atoms with Crippen molar-refractivity contribution in [2.75, 3.05) is 10.6 Å². The van der Waals surface area contributed by atoms with Gasteiger partial charge in [0.1, 0.15) is 5.82 Å². The molecule has 0 atom stereocenters. The predicted molar refractivity (Wildman–Crippen MR) is 84.2 cm³/mol. The van der Waals surface area contributed by atoms with Crippen LogP contribution in [0.25, 0.3) is 5.78 Å². The average Bonchev–Trinajstić information content (AvgIpc) is 2.96. The Morgan fingerprint density at radius 3 is 2.71 bits per heavy atom. The largest absolute Gasteiger partial charge is 0.326 e. The molecule has 0 saturated carbocycles. The standard InChI is InChI=1S/C15H13FN6O2/c1-8-5-6-17-15-20-13(21-22(8)15)14(24)19-12-7-10(18-9(2)23)3-4-11(12)16/h3-7H,1-2H3,(H,18,23)(H,19,24). The van der Waals surface area contributed by atoms with Crippen molar-refractivity contribution < 1.29 is 14.0 Å². The Hall–Kier alpha value is -3.36. The third-order valence-electron chi connectivity index (χ3n) is 3.17. The average molecular weight is 328 g/mol. The molecule has 0 unspecified atom stereocenters. The Morgan fingerprint density at radius 2 is 2.00 bits per heavy atom. The number of carbonyl (C=O) groups excluding carboxylic acids is 2. The van der Waals surface area contributed by atoms with Crippen molar-refractivity contribution in [2.45, 2.75) is 13.8 Å². The summed E-state index contributed by atoms with van der Waals surface area (Å²) < 4.78 is 15.3. The monoisotopic (exact) mass is 328 g/mol.